The quantitative estimate of drug-likeness (QED) is 0.509. The number of rotatable bonds is 2. The van der Waals surface area contributed by atoms with E-state index in [1.807, 2.05) is 0 Å². The first kappa shape index (κ1) is 7.60. The summed E-state index contributed by atoms with van der Waals surface area (Å²) < 4.78 is 4.48. The molecule has 1 rings (SSSR count). The van der Waals surface area contributed by atoms with Gasteiger partial charge in [-0.05, 0) is 6.07 Å². The normalized spacial score (nSPS) is 9.18. The predicted octanol–water partition coefficient (Wildman–Crippen LogP) is 1.20. The summed E-state index contributed by atoms with van der Waals surface area (Å²) in [5.41, 5.74) is 1.13. The molecule has 3 nitrogen and oxygen atoms in total. The highest BCUT2D eigenvalue weighted by Gasteiger charge is 2.08. The van der Waals surface area contributed by atoms with E-state index < -0.39 is 5.97 Å². The Bertz CT molecular complexity index is 262. The molecule has 0 fully saturated rings. The zero-order valence-corrected chi connectivity index (χ0v) is 6.26. The minimum atomic E-state index is -0.399. The fourth-order valence-electron chi connectivity index (χ4n) is 0.753. The van der Waals surface area contributed by atoms with Gasteiger partial charge in [0.15, 0.2) is 0 Å². The van der Waals surface area contributed by atoms with E-state index in [0.717, 1.165) is 5.56 Å². The molecule has 0 aliphatic heterocycles. The molecule has 0 radical (unpaired) electrons. The van der Waals surface area contributed by atoms with E-state index in [4.69, 9.17) is 0 Å². The molecule has 1 heterocycles. The van der Waals surface area contributed by atoms with Crippen LogP contribution in [0.3, 0.4) is 0 Å². The summed E-state index contributed by atoms with van der Waals surface area (Å²) in [5.74, 6) is -0.399. The number of methoxy groups -OCH3 is 1. The van der Waals surface area contributed by atoms with Crippen molar-refractivity contribution in [2.24, 2.45) is 0 Å². The van der Waals surface area contributed by atoms with Crippen LogP contribution < -0.4 is 0 Å². The average molecular weight is 151 g/mol. The lowest BCUT2D eigenvalue weighted by atomic mass is 10.2. The van der Waals surface area contributed by atoms with Crippen LogP contribution in [0.5, 0.6) is 0 Å². The summed E-state index contributed by atoms with van der Waals surface area (Å²) in [7, 11) is 1.33. The number of esters is 1. The van der Waals surface area contributed by atoms with Crippen LogP contribution in [0, 0.1) is 0 Å². The van der Waals surface area contributed by atoms with Crippen molar-refractivity contribution in [3.63, 3.8) is 0 Å². The van der Waals surface area contributed by atoms with Crippen molar-refractivity contribution in [1.29, 1.82) is 0 Å². The van der Waals surface area contributed by atoms with Gasteiger partial charge in [0, 0.05) is 18.0 Å². The molecule has 0 spiro atoms. The van der Waals surface area contributed by atoms with Gasteiger partial charge in [-0.3, -0.25) is 0 Å². The maximum Gasteiger partial charge on any atom is 0.337 e. The molecule has 0 saturated carbocycles. The summed E-state index contributed by atoms with van der Waals surface area (Å²) in [6.07, 6.45) is 3.42. The fraction of sp³-hybridized carbons (Fsp3) is 0.125. The van der Waals surface area contributed by atoms with E-state index in [2.05, 4.69) is 16.3 Å². The second-order valence-electron chi connectivity index (χ2n) is 2.07. The summed E-state index contributed by atoms with van der Waals surface area (Å²) in [6, 6.07) is 1.76. The van der Waals surface area contributed by atoms with E-state index in [-0.39, 0.29) is 0 Å². The van der Waals surface area contributed by atoms with Gasteiger partial charge in [0.2, 0.25) is 0 Å². The SMILES string of the molecule is C=C(C(=O)OC)c1cc[nH]c1. The van der Waals surface area contributed by atoms with Crippen LogP contribution in [0.25, 0.3) is 5.57 Å². The van der Waals surface area contributed by atoms with Gasteiger partial charge in [-0.2, -0.15) is 0 Å². The smallest absolute Gasteiger partial charge is 0.337 e. The number of aromatic amines is 1. The zero-order valence-electron chi connectivity index (χ0n) is 6.26. The first-order valence-corrected chi connectivity index (χ1v) is 3.16. The molecule has 0 atom stereocenters. The Kier molecular flexibility index (Phi) is 2.11. The van der Waals surface area contributed by atoms with Crippen molar-refractivity contribution in [2.45, 2.75) is 0 Å². The van der Waals surface area contributed by atoms with E-state index in [1.54, 1.807) is 18.5 Å². The molecule has 1 N–H and O–H groups in total. The third-order valence-electron chi connectivity index (χ3n) is 1.38. The van der Waals surface area contributed by atoms with Gasteiger partial charge in [0.1, 0.15) is 0 Å². The molecule has 0 amide bonds. The van der Waals surface area contributed by atoms with Crippen molar-refractivity contribution < 1.29 is 9.53 Å². The molecule has 1 aromatic rings. The lowest BCUT2D eigenvalue weighted by Gasteiger charge is -1.98. The van der Waals surface area contributed by atoms with Gasteiger partial charge < -0.3 is 9.72 Å². The van der Waals surface area contributed by atoms with Crippen LogP contribution in [0.4, 0.5) is 0 Å². The third kappa shape index (κ3) is 1.49. The summed E-state index contributed by atoms with van der Waals surface area (Å²) >= 11 is 0. The number of hydrogen-bond acceptors (Lipinski definition) is 2. The number of H-pyrrole nitrogens is 1. The van der Waals surface area contributed by atoms with Crippen LogP contribution in [0.2, 0.25) is 0 Å². The Balaban J connectivity index is 2.79. The summed E-state index contributed by atoms with van der Waals surface area (Å²) in [5, 5.41) is 0. The summed E-state index contributed by atoms with van der Waals surface area (Å²) in [6.45, 7) is 3.57. The van der Waals surface area contributed by atoms with E-state index in [0.29, 0.717) is 5.57 Å². The van der Waals surface area contributed by atoms with Gasteiger partial charge >= 0.3 is 5.97 Å². The molecule has 58 valence electrons. The second kappa shape index (κ2) is 3.05. The Morgan fingerprint density at radius 3 is 2.91 bits per heavy atom. The van der Waals surface area contributed by atoms with Crippen LogP contribution >= 0.6 is 0 Å². The van der Waals surface area contributed by atoms with Gasteiger partial charge in [-0.25, -0.2) is 4.79 Å². The highest BCUT2D eigenvalue weighted by Crippen LogP contribution is 2.11. The van der Waals surface area contributed by atoms with Crippen molar-refractivity contribution in [3.8, 4) is 0 Å². The molecule has 11 heavy (non-hydrogen) atoms. The van der Waals surface area contributed by atoms with Crippen molar-refractivity contribution in [2.75, 3.05) is 7.11 Å². The minimum Gasteiger partial charge on any atom is -0.465 e. The molecule has 0 bridgehead atoms. The Hall–Kier alpha value is -1.51. The maximum absolute atomic E-state index is 10.9. The highest BCUT2D eigenvalue weighted by atomic mass is 16.5. The molecule has 3 heteroatoms. The number of carbonyl (C=O) groups excluding carboxylic acids is 1. The maximum atomic E-state index is 10.9. The van der Waals surface area contributed by atoms with Gasteiger partial charge in [-0.15, -0.1) is 0 Å². The number of carbonyl (C=O) groups is 1. The van der Waals surface area contributed by atoms with Crippen LogP contribution in [-0.2, 0) is 9.53 Å². The molecule has 1 aromatic heterocycles. The molecule has 0 unspecified atom stereocenters. The minimum absolute atomic E-state index is 0.369. The van der Waals surface area contributed by atoms with Crippen molar-refractivity contribution in [3.05, 3.63) is 30.6 Å². The Morgan fingerprint density at radius 1 is 1.73 bits per heavy atom. The monoisotopic (exact) mass is 151 g/mol. The topological polar surface area (TPSA) is 42.1 Å². The summed E-state index contributed by atoms with van der Waals surface area (Å²) in [4.78, 5) is 13.7. The molecular formula is C8H9NO2. The lowest BCUT2D eigenvalue weighted by molar-refractivity contribution is -0.133. The standard InChI is InChI=1S/C8H9NO2/c1-6(8(10)11-2)7-3-4-9-5-7/h3-5,9H,1H2,2H3. The number of hydrogen-bond donors (Lipinski definition) is 1. The average Bonchev–Trinajstić information content (AvgIpc) is 2.53. The molecule has 0 aliphatic carbocycles. The molecule has 0 saturated heterocycles. The fourth-order valence-corrected chi connectivity index (χ4v) is 0.753. The van der Waals surface area contributed by atoms with E-state index >= 15 is 0 Å². The van der Waals surface area contributed by atoms with Crippen molar-refractivity contribution >= 4 is 11.5 Å². The predicted molar refractivity (Wildman–Crippen MR) is 41.8 cm³/mol. The second-order valence-corrected chi connectivity index (χ2v) is 2.07. The lowest BCUT2D eigenvalue weighted by Crippen LogP contribution is -2.01. The number of nitrogens with one attached hydrogen (secondary N) is 1. The number of ether oxygens (including phenoxy) is 1. The largest absolute Gasteiger partial charge is 0.465 e. The van der Waals surface area contributed by atoms with Gasteiger partial charge in [0.25, 0.3) is 0 Å². The Morgan fingerprint density at radius 2 is 2.45 bits per heavy atom. The highest BCUT2D eigenvalue weighted by molar-refractivity contribution is 6.15. The molecule has 0 aromatic carbocycles. The van der Waals surface area contributed by atoms with Gasteiger partial charge in [-0.1, -0.05) is 6.58 Å². The zero-order chi connectivity index (χ0) is 8.27. The number of aromatic nitrogens is 1. The van der Waals surface area contributed by atoms with Crippen LogP contribution in [0.1, 0.15) is 5.56 Å². The van der Waals surface area contributed by atoms with Gasteiger partial charge in [0.05, 0.1) is 12.7 Å². The van der Waals surface area contributed by atoms with Crippen molar-refractivity contribution in [1.82, 2.24) is 4.98 Å². The first-order chi connectivity index (χ1) is 5.25. The molecule has 0 aliphatic rings. The van der Waals surface area contributed by atoms with E-state index in [9.17, 15) is 4.79 Å². The van der Waals surface area contributed by atoms with Crippen LogP contribution in [-0.4, -0.2) is 18.1 Å². The first-order valence-electron chi connectivity index (χ1n) is 3.16. The van der Waals surface area contributed by atoms with Crippen LogP contribution in [0.15, 0.2) is 25.0 Å². The Labute approximate surface area is 64.7 Å². The molecular weight excluding hydrogens is 142 g/mol. The third-order valence-corrected chi connectivity index (χ3v) is 1.38. The van der Waals surface area contributed by atoms with E-state index in [1.165, 1.54) is 7.11 Å².